The molecule has 0 aromatic heterocycles. The maximum atomic E-state index is 11.4. The lowest BCUT2D eigenvalue weighted by molar-refractivity contribution is -0.900. The third kappa shape index (κ3) is 33.0. The van der Waals surface area contributed by atoms with Crippen molar-refractivity contribution in [2.45, 2.75) is 98.8 Å². The number of quaternary nitrogens is 1. The predicted octanol–water partition coefficient (Wildman–Crippen LogP) is -0.420. The maximum absolute atomic E-state index is 11.4. The van der Waals surface area contributed by atoms with Gasteiger partial charge in [0.25, 0.3) is 11.8 Å². The van der Waals surface area contributed by atoms with Crippen molar-refractivity contribution in [2.24, 2.45) is 0 Å². The van der Waals surface area contributed by atoms with Gasteiger partial charge in [0.2, 0.25) is 24.4 Å². The first-order chi connectivity index (χ1) is 19.0. The summed E-state index contributed by atoms with van der Waals surface area (Å²) in [5, 5.41) is 13.0. The first kappa shape index (κ1) is 41.5. The lowest BCUT2D eigenvalue weighted by Gasteiger charge is -2.21. The molecule has 232 valence electrons. The first-order valence-corrected chi connectivity index (χ1v) is 14.3. The molecular weight excluding hydrogens is 520 g/mol. The van der Waals surface area contributed by atoms with E-state index in [1.54, 1.807) is 0 Å². The first-order valence-electron chi connectivity index (χ1n) is 14.3. The van der Waals surface area contributed by atoms with Gasteiger partial charge in [-0.05, 0) is 45.7 Å². The van der Waals surface area contributed by atoms with Crippen LogP contribution in [0.1, 0.15) is 98.8 Å². The number of carboxylic acid groups (broad SMARTS) is 1. The molecule has 12 heteroatoms. The standard InChI is InChI=1S/2C13H24N2O3.C2H4O2/c2*1-3-5-8-15(9-6-4-2)10-7-12(17)14-13(18)11-16;1-2(3)4/h2*11H,3-10H2,1-2H3,(H,14,17,18);1H3,(H,3,4). The average molecular weight is 573 g/mol. The van der Waals surface area contributed by atoms with Crippen molar-refractivity contribution in [3.63, 3.8) is 0 Å². The molecule has 3 N–H and O–H groups in total. The summed E-state index contributed by atoms with van der Waals surface area (Å²) >= 11 is 0. The molecule has 0 aromatic carbocycles. The van der Waals surface area contributed by atoms with Gasteiger partial charge in [0.05, 0.1) is 26.1 Å². The molecule has 0 rings (SSSR count). The quantitative estimate of drug-likeness (QED) is 0.129. The number of imide groups is 2. The van der Waals surface area contributed by atoms with Crippen molar-refractivity contribution in [1.29, 1.82) is 0 Å². The van der Waals surface area contributed by atoms with Crippen molar-refractivity contribution in [1.82, 2.24) is 15.5 Å². The molecule has 0 saturated heterocycles. The molecule has 0 unspecified atom stereocenters. The van der Waals surface area contributed by atoms with Crippen LogP contribution in [0, 0.1) is 0 Å². The molecular formula is C28H52N4O8. The van der Waals surface area contributed by atoms with Crippen LogP contribution in [-0.4, -0.2) is 86.3 Å². The van der Waals surface area contributed by atoms with E-state index in [9.17, 15) is 28.8 Å². The lowest BCUT2D eigenvalue weighted by atomic mass is 10.2. The van der Waals surface area contributed by atoms with Crippen molar-refractivity contribution in [3.05, 3.63) is 0 Å². The molecule has 4 amide bonds. The highest BCUT2D eigenvalue weighted by Crippen LogP contribution is 2.00. The molecule has 0 saturated carbocycles. The number of hydrogen-bond donors (Lipinski definition) is 3. The van der Waals surface area contributed by atoms with Crippen molar-refractivity contribution in [3.8, 4) is 0 Å². The molecule has 0 radical (unpaired) electrons. The fourth-order valence-electron chi connectivity index (χ4n) is 3.34. The number of nitrogens with zero attached hydrogens (tertiary/aromatic N) is 1. The molecule has 0 heterocycles. The zero-order valence-corrected chi connectivity index (χ0v) is 25.2. The normalized spacial score (nSPS) is 9.97. The van der Waals surface area contributed by atoms with Crippen LogP contribution in [0.3, 0.4) is 0 Å². The number of carboxylic acids is 1. The highest BCUT2D eigenvalue weighted by Gasteiger charge is 2.12. The molecule has 0 aliphatic rings. The van der Waals surface area contributed by atoms with Crippen molar-refractivity contribution < 1.29 is 43.6 Å². The zero-order chi connectivity index (χ0) is 31.2. The number of hydrogen-bond acceptors (Lipinski definition) is 9. The molecule has 0 bridgehead atoms. The van der Waals surface area contributed by atoms with E-state index in [0.717, 1.165) is 91.0 Å². The minimum Gasteiger partial charge on any atom is -0.550 e. The summed E-state index contributed by atoms with van der Waals surface area (Å²) < 4.78 is 0. The summed E-state index contributed by atoms with van der Waals surface area (Å²) in [6.07, 6.45) is 9.84. The number of rotatable bonds is 20. The third-order valence-corrected chi connectivity index (χ3v) is 5.52. The Bertz CT molecular complexity index is 657. The summed E-state index contributed by atoms with van der Waals surface area (Å²) in [6.45, 7) is 15.0. The number of carbonyl (C=O) groups excluding carboxylic acids is 7. The maximum Gasteiger partial charge on any atom is 0.290 e. The summed E-state index contributed by atoms with van der Waals surface area (Å²) in [4.78, 5) is 76.8. The number of carbonyl (C=O) groups is 7. The van der Waals surface area contributed by atoms with E-state index < -0.39 is 17.8 Å². The second kappa shape index (κ2) is 30.6. The van der Waals surface area contributed by atoms with Crippen LogP contribution in [0.4, 0.5) is 0 Å². The molecule has 40 heavy (non-hydrogen) atoms. The van der Waals surface area contributed by atoms with E-state index >= 15 is 0 Å². The summed E-state index contributed by atoms with van der Waals surface area (Å²) in [5.74, 6) is -3.56. The van der Waals surface area contributed by atoms with E-state index in [4.69, 9.17) is 9.90 Å². The summed E-state index contributed by atoms with van der Waals surface area (Å²) in [5.41, 5.74) is 0. The SMILES string of the molecule is CC(=O)[O-].CCCCN(CCCC)CCC(=O)NC(=O)C=O.CCCC[NH+](CCCC)CCC(=O)NC(=O)C=O. The van der Waals surface area contributed by atoms with Gasteiger partial charge in [-0.25, -0.2) is 0 Å². The smallest absolute Gasteiger partial charge is 0.290 e. The van der Waals surface area contributed by atoms with Crippen LogP contribution < -0.4 is 20.6 Å². The van der Waals surface area contributed by atoms with E-state index in [1.165, 1.54) is 4.90 Å². The Morgan fingerprint density at radius 2 is 1.02 bits per heavy atom. The molecule has 0 atom stereocenters. The lowest BCUT2D eigenvalue weighted by Crippen LogP contribution is -3.12. The Morgan fingerprint density at radius 3 is 1.38 bits per heavy atom. The largest absolute Gasteiger partial charge is 0.550 e. The topological polar surface area (TPSA) is 174 Å². The third-order valence-electron chi connectivity index (χ3n) is 5.52. The van der Waals surface area contributed by atoms with E-state index in [-0.39, 0.29) is 30.8 Å². The number of aliphatic carboxylic acids is 1. The molecule has 12 nitrogen and oxygen atoms in total. The number of aldehydes is 2. The Morgan fingerprint density at radius 1 is 0.650 bits per heavy atom. The van der Waals surface area contributed by atoms with Crippen LogP contribution >= 0.6 is 0 Å². The van der Waals surface area contributed by atoms with Gasteiger partial charge >= 0.3 is 0 Å². The second-order valence-electron chi connectivity index (χ2n) is 9.31. The second-order valence-corrected chi connectivity index (χ2v) is 9.31. The molecule has 0 fully saturated rings. The number of unbranched alkanes of at least 4 members (excludes halogenated alkanes) is 4. The fraction of sp³-hybridized carbons (Fsp3) is 0.750. The van der Waals surface area contributed by atoms with Crippen LogP contribution in [-0.2, 0) is 33.6 Å². The predicted molar refractivity (Wildman–Crippen MR) is 150 cm³/mol. The Hall–Kier alpha value is -2.99. The highest BCUT2D eigenvalue weighted by atomic mass is 16.4. The van der Waals surface area contributed by atoms with Crippen molar-refractivity contribution in [2.75, 3.05) is 39.3 Å². The van der Waals surface area contributed by atoms with Crippen LogP contribution in [0.5, 0.6) is 0 Å². The Kier molecular flexibility index (Phi) is 31.7. The van der Waals surface area contributed by atoms with Gasteiger partial charge in [0.15, 0.2) is 0 Å². The Balaban J connectivity index is -0.000000603. The van der Waals surface area contributed by atoms with E-state index in [2.05, 4.69) is 32.6 Å². The van der Waals surface area contributed by atoms with Gasteiger partial charge in [-0.2, -0.15) is 0 Å². The minimum atomic E-state index is -1.08. The zero-order valence-electron chi connectivity index (χ0n) is 25.2. The molecule has 0 aliphatic carbocycles. The number of amides is 4. The van der Waals surface area contributed by atoms with Gasteiger partial charge in [-0.3, -0.25) is 39.4 Å². The molecule has 0 spiro atoms. The number of nitrogens with one attached hydrogen (secondary N) is 3. The van der Waals surface area contributed by atoms with Gasteiger partial charge in [-0.15, -0.1) is 0 Å². The van der Waals surface area contributed by atoms with Gasteiger partial charge in [0.1, 0.15) is 0 Å². The average Bonchev–Trinajstić information content (AvgIpc) is 2.92. The van der Waals surface area contributed by atoms with Gasteiger partial charge in [0, 0.05) is 18.9 Å². The monoisotopic (exact) mass is 572 g/mol. The Labute approximate surface area is 239 Å². The van der Waals surface area contributed by atoms with E-state index in [1.807, 2.05) is 10.6 Å². The summed E-state index contributed by atoms with van der Waals surface area (Å²) in [7, 11) is 0. The molecule has 0 aromatic rings. The minimum absolute atomic E-state index is 0.115. The highest BCUT2D eigenvalue weighted by molar-refractivity contribution is 6.28. The fourth-order valence-corrected chi connectivity index (χ4v) is 3.34. The summed E-state index contributed by atoms with van der Waals surface area (Å²) in [6, 6.07) is 0. The van der Waals surface area contributed by atoms with Crippen LogP contribution in [0.15, 0.2) is 0 Å². The van der Waals surface area contributed by atoms with Crippen LogP contribution in [0.25, 0.3) is 0 Å². The van der Waals surface area contributed by atoms with Gasteiger partial charge in [-0.1, -0.05) is 53.4 Å². The molecule has 0 aliphatic heterocycles. The van der Waals surface area contributed by atoms with Crippen LogP contribution in [0.2, 0.25) is 0 Å². The van der Waals surface area contributed by atoms with Gasteiger partial charge < -0.3 is 19.7 Å². The van der Waals surface area contributed by atoms with Crippen molar-refractivity contribution >= 4 is 42.2 Å². The van der Waals surface area contributed by atoms with E-state index in [0.29, 0.717) is 13.0 Å².